The van der Waals surface area contributed by atoms with E-state index < -0.39 is 11.7 Å². The van der Waals surface area contributed by atoms with E-state index in [1.807, 2.05) is 18.7 Å². The molecule has 1 aromatic rings. The van der Waals surface area contributed by atoms with Gasteiger partial charge in [-0.15, -0.1) is 0 Å². The van der Waals surface area contributed by atoms with E-state index in [0.717, 1.165) is 0 Å². The number of aliphatic hydroxyl groups is 1. The minimum absolute atomic E-state index is 0.0289. The van der Waals surface area contributed by atoms with Crippen LogP contribution in [0.2, 0.25) is 0 Å². The van der Waals surface area contributed by atoms with Crippen molar-refractivity contribution in [1.29, 1.82) is 0 Å². The largest absolute Gasteiger partial charge is 0.416 e. The van der Waals surface area contributed by atoms with E-state index in [9.17, 15) is 13.2 Å². The molecule has 0 atom stereocenters. The van der Waals surface area contributed by atoms with Gasteiger partial charge in [-0.2, -0.15) is 13.2 Å². The average Bonchev–Trinajstić information content (AvgIpc) is 2.45. The van der Waals surface area contributed by atoms with E-state index in [1.165, 1.54) is 12.1 Å². The van der Waals surface area contributed by atoms with Gasteiger partial charge < -0.3 is 15.3 Å². The summed E-state index contributed by atoms with van der Waals surface area (Å²) in [5, 5.41) is 11.8. The highest BCUT2D eigenvalue weighted by atomic mass is 19.4. The Morgan fingerprint density at radius 1 is 1.24 bits per heavy atom. The van der Waals surface area contributed by atoms with Crippen LogP contribution in [0.3, 0.4) is 0 Å². The second kappa shape index (κ2) is 8.24. The van der Waals surface area contributed by atoms with Crippen LogP contribution in [0.4, 0.5) is 18.9 Å². The molecule has 0 saturated heterocycles. The van der Waals surface area contributed by atoms with E-state index in [-0.39, 0.29) is 18.7 Å². The van der Waals surface area contributed by atoms with Gasteiger partial charge in [0.1, 0.15) is 0 Å². The molecule has 0 aromatic heterocycles. The van der Waals surface area contributed by atoms with Crippen LogP contribution in [-0.2, 0) is 12.7 Å². The normalized spacial score (nSPS) is 11.7. The molecule has 0 radical (unpaired) electrons. The zero-order valence-corrected chi connectivity index (χ0v) is 12.5. The van der Waals surface area contributed by atoms with Crippen LogP contribution in [0.15, 0.2) is 18.2 Å². The molecule has 0 aliphatic heterocycles. The monoisotopic (exact) mass is 304 g/mol. The molecule has 0 saturated carbocycles. The lowest BCUT2D eigenvalue weighted by atomic mass is 10.0. The molecule has 1 aromatic carbocycles. The standard InChI is InChI=1S/C15H23F3N2O/c1-3-19-11-12-6-7-13(10-14(12)15(16,17)18)20(4-2)8-5-9-21/h6-7,10,19,21H,3-5,8-9,11H2,1-2H3. The lowest BCUT2D eigenvalue weighted by molar-refractivity contribution is -0.138. The fourth-order valence-corrected chi connectivity index (χ4v) is 2.17. The van der Waals surface area contributed by atoms with Gasteiger partial charge >= 0.3 is 6.18 Å². The summed E-state index contributed by atoms with van der Waals surface area (Å²) in [5.41, 5.74) is 0.202. The third kappa shape index (κ3) is 5.21. The van der Waals surface area contributed by atoms with Crippen LogP contribution in [0, 0.1) is 0 Å². The van der Waals surface area contributed by atoms with Gasteiger partial charge in [-0.1, -0.05) is 13.0 Å². The van der Waals surface area contributed by atoms with Crippen molar-refractivity contribution in [3.8, 4) is 0 Å². The molecule has 1 rings (SSSR count). The number of hydrogen-bond donors (Lipinski definition) is 2. The first-order chi connectivity index (χ1) is 9.93. The Kier molecular flexibility index (Phi) is 6.98. The van der Waals surface area contributed by atoms with Gasteiger partial charge in [0, 0.05) is 31.9 Å². The first-order valence-corrected chi connectivity index (χ1v) is 7.20. The van der Waals surface area contributed by atoms with Crippen molar-refractivity contribution >= 4 is 5.69 Å². The second-order valence-corrected chi connectivity index (χ2v) is 4.78. The lowest BCUT2D eigenvalue weighted by Gasteiger charge is -2.25. The molecule has 0 aliphatic rings. The summed E-state index contributed by atoms with van der Waals surface area (Å²) < 4.78 is 39.6. The Labute approximate surface area is 123 Å². The number of nitrogens with one attached hydrogen (secondary N) is 1. The average molecular weight is 304 g/mol. The number of alkyl halides is 3. The molecule has 6 heteroatoms. The number of nitrogens with zero attached hydrogens (tertiary/aromatic N) is 1. The van der Waals surface area contributed by atoms with Crippen molar-refractivity contribution in [1.82, 2.24) is 5.32 Å². The molecular formula is C15H23F3N2O. The third-order valence-electron chi connectivity index (χ3n) is 3.30. The van der Waals surface area contributed by atoms with Gasteiger partial charge in [0.05, 0.1) is 5.56 Å². The summed E-state index contributed by atoms with van der Waals surface area (Å²) in [6.07, 6.45) is -3.83. The van der Waals surface area contributed by atoms with Crippen LogP contribution >= 0.6 is 0 Å². The first kappa shape index (κ1) is 17.8. The Bertz CT molecular complexity index is 435. The van der Waals surface area contributed by atoms with Crippen molar-refractivity contribution in [2.75, 3.05) is 31.1 Å². The fourth-order valence-electron chi connectivity index (χ4n) is 2.17. The highest BCUT2D eigenvalue weighted by Gasteiger charge is 2.33. The summed E-state index contributed by atoms with van der Waals surface area (Å²) >= 11 is 0. The number of hydrogen-bond acceptors (Lipinski definition) is 3. The van der Waals surface area contributed by atoms with Crippen molar-refractivity contribution in [2.45, 2.75) is 33.0 Å². The molecule has 0 heterocycles. The van der Waals surface area contributed by atoms with Gasteiger partial charge in [-0.3, -0.25) is 0 Å². The highest BCUT2D eigenvalue weighted by Crippen LogP contribution is 2.34. The SMILES string of the molecule is CCNCc1ccc(N(CC)CCCO)cc1C(F)(F)F. The van der Waals surface area contributed by atoms with Crippen molar-refractivity contribution < 1.29 is 18.3 Å². The maximum Gasteiger partial charge on any atom is 0.416 e. The molecule has 0 bridgehead atoms. The highest BCUT2D eigenvalue weighted by molar-refractivity contribution is 5.52. The minimum atomic E-state index is -4.36. The molecule has 0 aliphatic carbocycles. The number of rotatable bonds is 8. The summed E-state index contributed by atoms with van der Waals surface area (Å²) in [5.74, 6) is 0. The van der Waals surface area contributed by atoms with Crippen molar-refractivity contribution in [3.63, 3.8) is 0 Å². The zero-order valence-electron chi connectivity index (χ0n) is 12.5. The molecule has 2 N–H and O–H groups in total. The number of benzene rings is 1. The van der Waals surface area contributed by atoms with E-state index in [2.05, 4.69) is 5.32 Å². The van der Waals surface area contributed by atoms with E-state index in [0.29, 0.717) is 31.7 Å². The van der Waals surface area contributed by atoms with Gasteiger partial charge in [0.15, 0.2) is 0 Å². The third-order valence-corrected chi connectivity index (χ3v) is 3.30. The Morgan fingerprint density at radius 2 is 1.95 bits per heavy atom. The predicted molar refractivity (Wildman–Crippen MR) is 78.4 cm³/mol. The summed E-state index contributed by atoms with van der Waals surface area (Å²) in [7, 11) is 0. The van der Waals surface area contributed by atoms with E-state index >= 15 is 0 Å². The molecule has 0 unspecified atom stereocenters. The maximum absolute atomic E-state index is 13.2. The van der Waals surface area contributed by atoms with Crippen molar-refractivity contribution in [2.24, 2.45) is 0 Å². The van der Waals surface area contributed by atoms with Crippen LogP contribution in [0.5, 0.6) is 0 Å². The molecule has 21 heavy (non-hydrogen) atoms. The molecule has 0 spiro atoms. The van der Waals surface area contributed by atoms with Crippen LogP contribution < -0.4 is 10.2 Å². The molecule has 0 amide bonds. The summed E-state index contributed by atoms with van der Waals surface area (Å²) in [6, 6.07) is 4.44. The Hall–Kier alpha value is -1.27. The van der Waals surface area contributed by atoms with Crippen LogP contribution in [0.1, 0.15) is 31.4 Å². The second-order valence-electron chi connectivity index (χ2n) is 4.78. The van der Waals surface area contributed by atoms with Gasteiger partial charge in [0.2, 0.25) is 0 Å². The van der Waals surface area contributed by atoms with Gasteiger partial charge in [-0.25, -0.2) is 0 Å². The quantitative estimate of drug-likeness (QED) is 0.775. The number of aliphatic hydroxyl groups excluding tert-OH is 1. The van der Waals surface area contributed by atoms with Crippen LogP contribution in [-0.4, -0.2) is 31.3 Å². The Morgan fingerprint density at radius 3 is 2.48 bits per heavy atom. The first-order valence-electron chi connectivity index (χ1n) is 7.20. The molecule has 120 valence electrons. The van der Waals surface area contributed by atoms with E-state index in [1.54, 1.807) is 6.07 Å². The maximum atomic E-state index is 13.2. The topological polar surface area (TPSA) is 35.5 Å². The van der Waals surface area contributed by atoms with Gasteiger partial charge in [-0.05, 0) is 37.6 Å². The summed E-state index contributed by atoms with van der Waals surface area (Å²) in [6.45, 7) is 5.74. The summed E-state index contributed by atoms with van der Waals surface area (Å²) in [4.78, 5) is 1.84. The minimum Gasteiger partial charge on any atom is -0.396 e. The fraction of sp³-hybridized carbons (Fsp3) is 0.600. The van der Waals surface area contributed by atoms with Gasteiger partial charge in [0.25, 0.3) is 0 Å². The molecular weight excluding hydrogens is 281 g/mol. The number of anilines is 1. The Balaban J connectivity index is 3.07. The predicted octanol–water partition coefficient (Wildman–Crippen LogP) is 3.02. The van der Waals surface area contributed by atoms with E-state index in [4.69, 9.17) is 5.11 Å². The molecule has 0 fully saturated rings. The molecule has 3 nitrogen and oxygen atoms in total. The van der Waals surface area contributed by atoms with Crippen molar-refractivity contribution in [3.05, 3.63) is 29.3 Å². The zero-order chi connectivity index (χ0) is 15.9. The van der Waals surface area contributed by atoms with Crippen LogP contribution in [0.25, 0.3) is 0 Å². The lowest BCUT2D eigenvalue weighted by Crippen LogP contribution is -2.25. The number of halogens is 3. The smallest absolute Gasteiger partial charge is 0.396 e.